The van der Waals surface area contributed by atoms with Crippen molar-refractivity contribution in [2.24, 2.45) is 5.92 Å². The topological polar surface area (TPSA) is 69.6 Å². The van der Waals surface area contributed by atoms with Gasteiger partial charge in [0.05, 0.1) is 5.92 Å². The second-order valence-corrected chi connectivity index (χ2v) is 5.80. The molecule has 0 spiro atoms. The van der Waals surface area contributed by atoms with Crippen LogP contribution in [-0.4, -0.2) is 35.6 Å². The lowest BCUT2D eigenvalue weighted by atomic mass is 9.80. The minimum absolute atomic E-state index is 0.182. The number of urea groups is 1. The van der Waals surface area contributed by atoms with Crippen molar-refractivity contribution in [1.82, 2.24) is 4.90 Å². The van der Waals surface area contributed by atoms with Crippen LogP contribution in [0.2, 0.25) is 0 Å². The molecule has 21 heavy (non-hydrogen) atoms. The summed E-state index contributed by atoms with van der Waals surface area (Å²) >= 11 is 0. The van der Waals surface area contributed by atoms with E-state index < -0.39 is 11.9 Å². The van der Waals surface area contributed by atoms with E-state index in [1.165, 1.54) is 29.7 Å². The third-order valence-corrected chi connectivity index (χ3v) is 4.05. The Hall–Kier alpha value is -2.04. The molecule has 5 nitrogen and oxygen atoms in total. The number of benzene rings is 1. The Labute approximate surface area is 125 Å². The number of rotatable bonds is 5. The van der Waals surface area contributed by atoms with Crippen molar-refractivity contribution in [3.05, 3.63) is 29.8 Å². The highest BCUT2D eigenvalue weighted by Crippen LogP contribution is 2.36. The third-order valence-electron chi connectivity index (χ3n) is 4.05. The first kappa shape index (κ1) is 15.4. The first-order valence-corrected chi connectivity index (χ1v) is 7.32. The van der Waals surface area contributed by atoms with Crippen LogP contribution in [0.5, 0.6) is 0 Å². The molecule has 0 saturated heterocycles. The van der Waals surface area contributed by atoms with Gasteiger partial charge < -0.3 is 15.3 Å². The number of amides is 2. The number of carbonyl (C=O) groups is 2. The molecule has 0 radical (unpaired) electrons. The van der Waals surface area contributed by atoms with Gasteiger partial charge in [-0.2, -0.15) is 0 Å². The quantitative estimate of drug-likeness (QED) is 0.875. The SMILES string of the molecule is CC(CN(C)C(=O)Nc1ccc(C2CCC2)cc1)C(=O)O. The maximum Gasteiger partial charge on any atom is 0.321 e. The summed E-state index contributed by atoms with van der Waals surface area (Å²) < 4.78 is 0. The van der Waals surface area contributed by atoms with Crippen LogP contribution >= 0.6 is 0 Å². The van der Waals surface area contributed by atoms with Gasteiger partial charge in [0.15, 0.2) is 0 Å². The second kappa shape index (κ2) is 6.61. The molecule has 0 aromatic heterocycles. The van der Waals surface area contributed by atoms with Gasteiger partial charge in [-0.05, 0) is 36.5 Å². The van der Waals surface area contributed by atoms with Gasteiger partial charge in [-0.3, -0.25) is 4.79 Å². The number of anilines is 1. The number of carboxylic acids is 1. The fourth-order valence-corrected chi connectivity index (χ4v) is 2.37. The Morgan fingerprint density at radius 1 is 1.33 bits per heavy atom. The highest BCUT2D eigenvalue weighted by molar-refractivity contribution is 5.89. The van der Waals surface area contributed by atoms with Crippen LogP contribution in [0, 0.1) is 5.92 Å². The Morgan fingerprint density at radius 3 is 2.43 bits per heavy atom. The van der Waals surface area contributed by atoms with Crippen molar-refractivity contribution < 1.29 is 14.7 Å². The molecule has 5 heteroatoms. The predicted octanol–water partition coefficient (Wildman–Crippen LogP) is 3.14. The highest BCUT2D eigenvalue weighted by Gasteiger charge is 2.20. The van der Waals surface area contributed by atoms with Crippen molar-refractivity contribution in [3.63, 3.8) is 0 Å². The van der Waals surface area contributed by atoms with Crippen LogP contribution in [0.3, 0.4) is 0 Å². The number of nitrogens with one attached hydrogen (secondary N) is 1. The molecule has 2 rings (SSSR count). The molecule has 1 aliphatic carbocycles. The maximum atomic E-state index is 12.0. The van der Waals surface area contributed by atoms with Crippen LogP contribution in [0.25, 0.3) is 0 Å². The summed E-state index contributed by atoms with van der Waals surface area (Å²) in [5.41, 5.74) is 2.06. The lowest BCUT2D eigenvalue weighted by molar-refractivity contribution is -0.141. The van der Waals surface area contributed by atoms with Crippen LogP contribution in [0.4, 0.5) is 10.5 Å². The first-order chi connectivity index (χ1) is 9.97. The zero-order chi connectivity index (χ0) is 15.4. The molecule has 114 valence electrons. The molecule has 2 N–H and O–H groups in total. The van der Waals surface area contributed by atoms with Crippen molar-refractivity contribution in [2.75, 3.05) is 18.9 Å². The van der Waals surface area contributed by atoms with E-state index in [-0.39, 0.29) is 12.6 Å². The molecule has 1 unspecified atom stereocenters. The highest BCUT2D eigenvalue weighted by atomic mass is 16.4. The smallest absolute Gasteiger partial charge is 0.321 e. The molecular weight excluding hydrogens is 268 g/mol. The van der Waals surface area contributed by atoms with Crippen LogP contribution in [0.1, 0.15) is 37.7 Å². The summed E-state index contributed by atoms with van der Waals surface area (Å²) in [5, 5.41) is 11.6. The average molecular weight is 290 g/mol. The Kier molecular flexibility index (Phi) is 4.83. The summed E-state index contributed by atoms with van der Waals surface area (Å²) in [4.78, 5) is 24.2. The van der Waals surface area contributed by atoms with Gasteiger partial charge in [-0.25, -0.2) is 4.79 Å². The zero-order valence-corrected chi connectivity index (χ0v) is 12.5. The monoisotopic (exact) mass is 290 g/mol. The van der Waals surface area contributed by atoms with Gasteiger partial charge >= 0.3 is 12.0 Å². The van der Waals surface area contributed by atoms with Crippen molar-refractivity contribution >= 4 is 17.7 Å². The summed E-state index contributed by atoms with van der Waals surface area (Å²) in [5.74, 6) is -0.810. The molecular formula is C16H22N2O3. The van der Waals surface area contributed by atoms with E-state index in [9.17, 15) is 9.59 Å². The van der Waals surface area contributed by atoms with Crippen molar-refractivity contribution in [1.29, 1.82) is 0 Å². The third kappa shape index (κ3) is 3.97. The molecule has 0 bridgehead atoms. The zero-order valence-electron chi connectivity index (χ0n) is 12.5. The van der Waals surface area contributed by atoms with E-state index in [0.29, 0.717) is 5.92 Å². The molecule has 1 saturated carbocycles. The molecule has 1 aliphatic rings. The largest absolute Gasteiger partial charge is 0.481 e. The lowest BCUT2D eigenvalue weighted by Crippen LogP contribution is -2.36. The van der Waals surface area contributed by atoms with Crippen LogP contribution < -0.4 is 5.32 Å². The van der Waals surface area contributed by atoms with E-state index >= 15 is 0 Å². The standard InChI is InChI=1S/C16H22N2O3/c1-11(15(19)20)10-18(2)16(21)17-14-8-6-13(7-9-14)12-4-3-5-12/h6-9,11-12H,3-5,10H2,1-2H3,(H,17,21)(H,19,20). The van der Waals surface area contributed by atoms with Gasteiger partial charge in [0.25, 0.3) is 0 Å². The summed E-state index contributed by atoms with van der Waals surface area (Å²) in [6.07, 6.45) is 3.80. The molecule has 0 aliphatic heterocycles. The van der Waals surface area contributed by atoms with Gasteiger partial charge in [0.1, 0.15) is 0 Å². The first-order valence-electron chi connectivity index (χ1n) is 7.32. The van der Waals surface area contributed by atoms with Gasteiger partial charge in [-0.1, -0.05) is 25.5 Å². The number of carboxylic acid groups (broad SMARTS) is 1. The Morgan fingerprint density at radius 2 is 1.95 bits per heavy atom. The fraction of sp³-hybridized carbons (Fsp3) is 0.500. The maximum absolute atomic E-state index is 12.0. The lowest BCUT2D eigenvalue weighted by Gasteiger charge is -2.26. The summed E-state index contributed by atoms with van der Waals surface area (Å²) in [7, 11) is 1.59. The van der Waals surface area contributed by atoms with Crippen molar-refractivity contribution in [3.8, 4) is 0 Å². The molecule has 0 heterocycles. The molecule has 1 aromatic carbocycles. The Bertz CT molecular complexity index is 509. The minimum atomic E-state index is -0.903. The molecule has 2 amide bonds. The van der Waals surface area contributed by atoms with E-state index in [0.717, 1.165) is 5.69 Å². The number of carbonyl (C=O) groups excluding carboxylic acids is 1. The summed E-state index contributed by atoms with van der Waals surface area (Å²) in [6.45, 7) is 1.76. The van der Waals surface area contributed by atoms with Gasteiger partial charge in [0.2, 0.25) is 0 Å². The van der Waals surface area contributed by atoms with Crippen molar-refractivity contribution in [2.45, 2.75) is 32.1 Å². The molecule has 1 atom stereocenters. The average Bonchev–Trinajstić information content (AvgIpc) is 2.38. The fourth-order valence-electron chi connectivity index (χ4n) is 2.37. The van der Waals surface area contributed by atoms with E-state index in [1.807, 2.05) is 12.1 Å². The number of aliphatic carboxylic acids is 1. The summed E-state index contributed by atoms with van der Waals surface area (Å²) in [6, 6.07) is 7.62. The number of nitrogens with zero attached hydrogens (tertiary/aromatic N) is 1. The second-order valence-electron chi connectivity index (χ2n) is 5.80. The van der Waals surface area contributed by atoms with Gasteiger partial charge in [0, 0.05) is 19.3 Å². The Balaban J connectivity index is 1.88. The van der Waals surface area contributed by atoms with Crippen LogP contribution in [-0.2, 0) is 4.79 Å². The van der Waals surface area contributed by atoms with E-state index in [4.69, 9.17) is 5.11 Å². The van der Waals surface area contributed by atoms with E-state index in [2.05, 4.69) is 17.4 Å². The van der Waals surface area contributed by atoms with E-state index in [1.54, 1.807) is 14.0 Å². The molecule has 1 aromatic rings. The van der Waals surface area contributed by atoms with Crippen LogP contribution in [0.15, 0.2) is 24.3 Å². The normalized spacial score (nSPS) is 15.9. The minimum Gasteiger partial charge on any atom is -0.481 e. The number of hydrogen-bond acceptors (Lipinski definition) is 2. The van der Waals surface area contributed by atoms with Gasteiger partial charge in [-0.15, -0.1) is 0 Å². The molecule has 1 fully saturated rings. The number of hydrogen-bond donors (Lipinski definition) is 2. The predicted molar refractivity (Wildman–Crippen MR) is 81.5 cm³/mol.